The van der Waals surface area contributed by atoms with Gasteiger partial charge in [0.1, 0.15) is 6.10 Å². The van der Waals surface area contributed by atoms with Crippen LogP contribution in [-0.2, 0) is 26.1 Å². The average Bonchev–Trinajstić information content (AvgIpc) is 2.58. The standard InChI is InChI=1S/C19H32N2O4S/c1-14(2)11-12-25-16(5)19(22)20-13-17-7-9-18(10-8-17)26(23,24)21(6)15(3)4/h7-10,14-16H,11-13H2,1-6H3,(H,20,22). The largest absolute Gasteiger partial charge is 0.369 e. The number of hydrogen-bond donors (Lipinski definition) is 1. The molecule has 1 aromatic rings. The molecule has 6 nitrogen and oxygen atoms in total. The van der Waals surface area contributed by atoms with Crippen LogP contribution in [0, 0.1) is 5.92 Å². The van der Waals surface area contributed by atoms with E-state index >= 15 is 0 Å². The highest BCUT2D eigenvalue weighted by Crippen LogP contribution is 2.17. The molecule has 0 spiro atoms. The fraction of sp³-hybridized carbons (Fsp3) is 0.632. The lowest BCUT2D eigenvalue weighted by atomic mass is 10.1. The second-order valence-electron chi connectivity index (χ2n) is 7.17. The molecule has 0 aliphatic carbocycles. The first kappa shape index (κ1) is 22.6. The van der Waals surface area contributed by atoms with E-state index in [-0.39, 0.29) is 16.8 Å². The lowest BCUT2D eigenvalue weighted by Crippen LogP contribution is -2.34. The van der Waals surface area contributed by atoms with E-state index in [0.29, 0.717) is 19.1 Å². The number of carbonyl (C=O) groups excluding carboxylic acids is 1. The van der Waals surface area contributed by atoms with E-state index in [2.05, 4.69) is 19.2 Å². The highest BCUT2D eigenvalue weighted by molar-refractivity contribution is 7.89. The highest BCUT2D eigenvalue weighted by atomic mass is 32.2. The van der Waals surface area contributed by atoms with E-state index in [1.54, 1.807) is 38.2 Å². The van der Waals surface area contributed by atoms with Crippen molar-refractivity contribution in [3.05, 3.63) is 29.8 Å². The first-order chi connectivity index (χ1) is 12.1. The van der Waals surface area contributed by atoms with E-state index in [1.807, 2.05) is 13.8 Å². The quantitative estimate of drug-likeness (QED) is 0.673. The Kier molecular flexibility index (Phi) is 8.73. The van der Waals surface area contributed by atoms with Gasteiger partial charge in [0.25, 0.3) is 0 Å². The molecule has 1 atom stereocenters. The van der Waals surface area contributed by atoms with Gasteiger partial charge in [-0.15, -0.1) is 0 Å². The van der Waals surface area contributed by atoms with Crippen LogP contribution in [0.15, 0.2) is 29.2 Å². The summed E-state index contributed by atoms with van der Waals surface area (Å²) in [6, 6.07) is 6.45. The summed E-state index contributed by atoms with van der Waals surface area (Å²) in [6.45, 7) is 10.5. The number of hydrogen-bond acceptors (Lipinski definition) is 4. The Hall–Kier alpha value is -1.44. The molecule has 148 valence electrons. The zero-order valence-corrected chi connectivity index (χ0v) is 17.5. The molecule has 1 aromatic carbocycles. The van der Waals surface area contributed by atoms with Crippen molar-refractivity contribution in [2.24, 2.45) is 5.92 Å². The van der Waals surface area contributed by atoms with Crippen LogP contribution >= 0.6 is 0 Å². The summed E-state index contributed by atoms with van der Waals surface area (Å²) in [4.78, 5) is 12.3. The fourth-order valence-electron chi connectivity index (χ4n) is 2.11. The molecule has 1 N–H and O–H groups in total. The maximum atomic E-state index is 12.4. The summed E-state index contributed by atoms with van der Waals surface area (Å²) in [5.74, 6) is 0.361. The van der Waals surface area contributed by atoms with E-state index in [4.69, 9.17) is 4.74 Å². The molecule has 1 rings (SSSR count). The Morgan fingerprint density at radius 3 is 2.19 bits per heavy atom. The van der Waals surface area contributed by atoms with Crippen LogP contribution in [0.4, 0.5) is 0 Å². The van der Waals surface area contributed by atoms with Crippen molar-refractivity contribution < 1.29 is 17.9 Å². The predicted molar refractivity (Wildman–Crippen MR) is 103 cm³/mol. The molecule has 0 heterocycles. The number of amides is 1. The van der Waals surface area contributed by atoms with Crippen LogP contribution < -0.4 is 5.32 Å². The summed E-state index contributed by atoms with van der Waals surface area (Å²) in [6.07, 6.45) is 0.409. The Balaban J connectivity index is 2.59. The van der Waals surface area contributed by atoms with E-state index in [9.17, 15) is 13.2 Å². The van der Waals surface area contributed by atoms with Crippen LogP contribution in [0.3, 0.4) is 0 Å². The van der Waals surface area contributed by atoms with Gasteiger partial charge in [-0.3, -0.25) is 4.79 Å². The lowest BCUT2D eigenvalue weighted by Gasteiger charge is -2.21. The van der Waals surface area contributed by atoms with Gasteiger partial charge in [-0.1, -0.05) is 26.0 Å². The topological polar surface area (TPSA) is 75.7 Å². The monoisotopic (exact) mass is 384 g/mol. The van der Waals surface area contributed by atoms with Crippen molar-refractivity contribution in [1.29, 1.82) is 0 Å². The van der Waals surface area contributed by atoms with Gasteiger partial charge < -0.3 is 10.1 Å². The van der Waals surface area contributed by atoms with Gasteiger partial charge in [0.15, 0.2) is 0 Å². The van der Waals surface area contributed by atoms with Gasteiger partial charge in [-0.05, 0) is 50.8 Å². The number of sulfonamides is 1. The highest BCUT2D eigenvalue weighted by Gasteiger charge is 2.22. The van der Waals surface area contributed by atoms with Gasteiger partial charge in [-0.2, -0.15) is 4.31 Å². The molecule has 0 aliphatic heterocycles. The maximum Gasteiger partial charge on any atom is 0.249 e. The second-order valence-corrected chi connectivity index (χ2v) is 9.17. The third-order valence-corrected chi connectivity index (χ3v) is 6.27. The lowest BCUT2D eigenvalue weighted by molar-refractivity contribution is -0.132. The van der Waals surface area contributed by atoms with Gasteiger partial charge in [0, 0.05) is 26.2 Å². The molecule has 26 heavy (non-hydrogen) atoms. The Morgan fingerprint density at radius 2 is 1.69 bits per heavy atom. The number of ether oxygens (including phenoxy) is 1. The molecule has 1 amide bonds. The molecule has 0 fully saturated rings. The van der Waals surface area contributed by atoms with Crippen molar-refractivity contribution in [3.8, 4) is 0 Å². The molecule has 0 aromatic heterocycles. The number of nitrogens with one attached hydrogen (secondary N) is 1. The summed E-state index contributed by atoms with van der Waals surface area (Å²) in [5, 5.41) is 2.81. The third-order valence-electron chi connectivity index (χ3n) is 4.23. The number of nitrogens with zero attached hydrogens (tertiary/aromatic N) is 1. The molecule has 0 saturated carbocycles. The van der Waals surface area contributed by atoms with Gasteiger partial charge in [0.05, 0.1) is 4.90 Å². The molecule has 0 bridgehead atoms. The first-order valence-corrected chi connectivity index (χ1v) is 10.5. The van der Waals surface area contributed by atoms with Crippen molar-refractivity contribution in [1.82, 2.24) is 9.62 Å². The van der Waals surface area contributed by atoms with Crippen LogP contribution in [-0.4, -0.2) is 44.4 Å². The number of benzene rings is 1. The first-order valence-electron chi connectivity index (χ1n) is 9.02. The zero-order valence-electron chi connectivity index (χ0n) is 16.7. The molecule has 1 unspecified atom stereocenters. The van der Waals surface area contributed by atoms with Crippen LogP contribution in [0.5, 0.6) is 0 Å². The fourth-order valence-corrected chi connectivity index (χ4v) is 3.48. The predicted octanol–water partition coefficient (Wildman–Crippen LogP) is 2.78. The third kappa shape index (κ3) is 6.70. The van der Waals surface area contributed by atoms with E-state index in [1.165, 1.54) is 4.31 Å². The normalized spacial score (nSPS) is 13.4. The van der Waals surface area contributed by atoms with Crippen molar-refractivity contribution in [3.63, 3.8) is 0 Å². The van der Waals surface area contributed by atoms with Crippen LogP contribution in [0.2, 0.25) is 0 Å². The number of rotatable bonds is 10. The van der Waals surface area contributed by atoms with E-state index < -0.39 is 16.1 Å². The molecular weight excluding hydrogens is 352 g/mol. The Morgan fingerprint density at radius 1 is 1.12 bits per heavy atom. The van der Waals surface area contributed by atoms with Crippen molar-refractivity contribution >= 4 is 15.9 Å². The summed E-state index contributed by atoms with van der Waals surface area (Å²) in [7, 11) is -1.93. The average molecular weight is 385 g/mol. The summed E-state index contributed by atoms with van der Waals surface area (Å²) < 4.78 is 31.7. The minimum absolute atomic E-state index is 0.115. The summed E-state index contributed by atoms with van der Waals surface area (Å²) >= 11 is 0. The number of carbonyl (C=O) groups is 1. The molecule has 0 saturated heterocycles. The molecule has 0 aliphatic rings. The van der Waals surface area contributed by atoms with Gasteiger partial charge >= 0.3 is 0 Å². The summed E-state index contributed by atoms with van der Waals surface area (Å²) in [5.41, 5.74) is 0.832. The zero-order chi connectivity index (χ0) is 19.9. The van der Waals surface area contributed by atoms with Crippen molar-refractivity contribution in [2.75, 3.05) is 13.7 Å². The molecular formula is C19H32N2O4S. The Labute approximate surface area is 158 Å². The minimum atomic E-state index is -3.49. The molecule has 0 radical (unpaired) electrons. The van der Waals surface area contributed by atoms with Crippen LogP contribution in [0.1, 0.15) is 46.6 Å². The van der Waals surface area contributed by atoms with Crippen molar-refractivity contribution in [2.45, 2.75) is 64.6 Å². The smallest absolute Gasteiger partial charge is 0.249 e. The maximum absolute atomic E-state index is 12.4. The minimum Gasteiger partial charge on any atom is -0.369 e. The molecule has 7 heteroatoms. The van der Waals surface area contributed by atoms with Crippen LogP contribution in [0.25, 0.3) is 0 Å². The van der Waals surface area contributed by atoms with Gasteiger partial charge in [-0.25, -0.2) is 8.42 Å². The van der Waals surface area contributed by atoms with Gasteiger partial charge in [0.2, 0.25) is 15.9 Å². The second kappa shape index (κ2) is 10.0. The van der Waals surface area contributed by atoms with E-state index in [0.717, 1.165) is 12.0 Å². The Bertz CT molecular complexity index is 669. The SMILES string of the molecule is CC(C)CCOC(C)C(=O)NCc1ccc(S(=O)(=O)N(C)C(C)C)cc1.